The van der Waals surface area contributed by atoms with E-state index in [1.54, 1.807) is 0 Å². The summed E-state index contributed by atoms with van der Waals surface area (Å²) < 4.78 is 0. The van der Waals surface area contributed by atoms with Gasteiger partial charge in [0.1, 0.15) is 7.85 Å². The van der Waals surface area contributed by atoms with Crippen molar-refractivity contribution in [2.45, 2.75) is 59.3 Å². The van der Waals surface area contributed by atoms with E-state index in [0.717, 1.165) is 5.46 Å². The molecule has 1 rings (SSSR count). The lowest BCUT2D eigenvalue weighted by atomic mass is 9.75. The van der Waals surface area contributed by atoms with E-state index in [1.165, 1.54) is 16.7 Å². The molecule has 0 aliphatic heterocycles. The molecule has 0 heterocycles. The average Bonchev–Trinajstić information content (AvgIpc) is 2.15. The summed E-state index contributed by atoms with van der Waals surface area (Å²) in [5.41, 5.74) is 5.04. The van der Waals surface area contributed by atoms with Crippen molar-refractivity contribution < 1.29 is 0 Å². The predicted molar refractivity (Wildman–Crippen MR) is 74.1 cm³/mol. The Labute approximate surface area is 102 Å². The molecule has 0 amide bonds. The molecule has 86 valence electrons. The van der Waals surface area contributed by atoms with Crippen LogP contribution in [-0.4, -0.2) is 7.85 Å². The van der Waals surface area contributed by atoms with Gasteiger partial charge in [0, 0.05) is 0 Å². The van der Waals surface area contributed by atoms with Crippen LogP contribution in [0.2, 0.25) is 0 Å². The van der Waals surface area contributed by atoms with Crippen molar-refractivity contribution in [3.8, 4) is 0 Å². The second-order valence-electron chi connectivity index (χ2n) is 5.54. The maximum absolute atomic E-state index is 6.32. The Morgan fingerprint density at radius 1 is 0.750 bits per heavy atom. The maximum Gasteiger partial charge on any atom is 0.114 e. The second kappa shape index (κ2) is 5.08. The zero-order valence-corrected chi connectivity index (χ0v) is 11.5. The largest absolute Gasteiger partial charge is 0.114 e. The SMILES string of the molecule is [B]c1c(C(C)C)ccc(C(C)C)c1C(C)C. The lowest BCUT2D eigenvalue weighted by Crippen LogP contribution is -2.21. The fourth-order valence-corrected chi connectivity index (χ4v) is 2.32. The zero-order valence-electron chi connectivity index (χ0n) is 11.5. The van der Waals surface area contributed by atoms with Crippen molar-refractivity contribution in [3.05, 3.63) is 28.8 Å². The molecular formula is C15H23B. The summed E-state index contributed by atoms with van der Waals surface area (Å²) in [6, 6.07) is 4.45. The van der Waals surface area contributed by atoms with Crippen LogP contribution in [0.25, 0.3) is 0 Å². The van der Waals surface area contributed by atoms with Crippen LogP contribution in [0.5, 0.6) is 0 Å². The Morgan fingerprint density at radius 3 is 1.56 bits per heavy atom. The topological polar surface area (TPSA) is 0 Å². The molecule has 16 heavy (non-hydrogen) atoms. The summed E-state index contributed by atoms with van der Waals surface area (Å²) in [4.78, 5) is 0. The second-order valence-corrected chi connectivity index (χ2v) is 5.54. The average molecular weight is 214 g/mol. The summed E-state index contributed by atoms with van der Waals surface area (Å²) in [6.07, 6.45) is 0. The van der Waals surface area contributed by atoms with Gasteiger partial charge in [0.15, 0.2) is 0 Å². The van der Waals surface area contributed by atoms with E-state index < -0.39 is 0 Å². The fraction of sp³-hybridized carbons (Fsp3) is 0.600. The van der Waals surface area contributed by atoms with E-state index in [0.29, 0.717) is 17.8 Å². The van der Waals surface area contributed by atoms with Crippen LogP contribution in [0, 0.1) is 0 Å². The molecule has 0 aliphatic carbocycles. The standard InChI is InChI=1S/C15H23B/c1-9(2)12-7-8-13(10(3)4)15(16)14(12)11(5)6/h7-11H,1-6H3. The number of rotatable bonds is 3. The highest BCUT2D eigenvalue weighted by molar-refractivity contribution is 6.34. The Hall–Kier alpha value is -0.715. The Balaban J connectivity index is 3.42. The van der Waals surface area contributed by atoms with Gasteiger partial charge in [-0.05, 0) is 28.9 Å². The summed E-state index contributed by atoms with van der Waals surface area (Å²) in [5, 5.41) is 0. The van der Waals surface area contributed by atoms with Gasteiger partial charge in [-0.15, -0.1) is 0 Å². The minimum absolute atomic E-state index is 0.496. The number of hydrogen-bond donors (Lipinski definition) is 0. The van der Waals surface area contributed by atoms with Crippen molar-refractivity contribution in [2.24, 2.45) is 0 Å². The maximum atomic E-state index is 6.32. The van der Waals surface area contributed by atoms with Crippen LogP contribution in [0.15, 0.2) is 12.1 Å². The molecule has 2 radical (unpaired) electrons. The summed E-state index contributed by atoms with van der Waals surface area (Å²) in [7, 11) is 6.32. The number of benzene rings is 1. The van der Waals surface area contributed by atoms with Crippen LogP contribution in [0.1, 0.15) is 76.0 Å². The van der Waals surface area contributed by atoms with Crippen molar-refractivity contribution >= 4 is 13.3 Å². The zero-order chi connectivity index (χ0) is 12.5. The van der Waals surface area contributed by atoms with E-state index in [-0.39, 0.29) is 0 Å². The first-order chi connectivity index (χ1) is 7.36. The van der Waals surface area contributed by atoms with Gasteiger partial charge in [0.25, 0.3) is 0 Å². The smallest absolute Gasteiger partial charge is 0.0896 e. The third-order valence-electron chi connectivity index (χ3n) is 3.18. The van der Waals surface area contributed by atoms with E-state index in [4.69, 9.17) is 7.85 Å². The van der Waals surface area contributed by atoms with E-state index >= 15 is 0 Å². The van der Waals surface area contributed by atoms with Gasteiger partial charge in [0.2, 0.25) is 0 Å². The van der Waals surface area contributed by atoms with Gasteiger partial charge in [-0.1, -0.05) is 64.7 Å². The van der Waals surface area contributed by atoms with E-state index in [2.05, 4.69) is 53.7 Å². The molecule has 0 aliphatic rings. The minimum Gasteiger partial charge on any atom is -0.0896 e. The normalized spacial score (nSPS) is 11.8. The predicted octanol–water partition coefficient (Wildman–Crippen LogP) is 3.85. The van der Waals surface area contributed by atoms with Crippen molar-refractivity contribution in [1.29, 1.82) is 0 Å². The summed E-state index contributed by atoms with van der Waals surface area (Å²) >= 11 is 0. The van der Waals surface area contributed by atoms with E-state index in [1.807, 2.05) is 0 Å². The van der Waals surface area contributed by atoms with E-state index in [9.17, 15) is 0 Å². The molecule has 1 aromatic rings. The summed E-state index contributed by atoms with van der Waals surface area (Å²) in [5.74, 6) is 1.54. The van der Waals surface area contributed by atoms with Crippen LogP contribution in [-0.2, 0) is 0 Å². The fourth-order valence-electron chi connectivity index (χ4n) is 2.32. The van der Waals surface area contributed by atoms with Gasteiger partial charge < -0.3 is 0 Å². The van der Waals surface area contributed by atoms with Gasteiger partial charge in [0.05, 0.1) is 0 Å². The molecule has 0 saturated carbocycles. The van der Waals surface area contributed by atoms with Crippen molar-refractivity contribution in [3.63, 3.8) is 0 Å². The van der Waals surface area contributed by atoms with Gasteiger partial charge in [-0.2, -0.15) is 0 Å². The van der Waals surface area contributed by atoms with Crippen molar-refractivity contribution in [2.75, 3.05) is 0 Å². The third kappa shape index (κ3) is 2.51. The third-order valence-corrected chi connectivity index (χ3v) is 3.18. The van der Waals surface area contributed by atoms with Crippen LogP contribution in [0.4, 0.5) is 0 Å². The minimum atomic E-state index is 0.496. The monoisotopic (exact) mass is 214 g/mol. The van der Waals surface area contributed by atoms with Crippen LogP contribution in [0.3, 0.4) is 0 Å². The van der Waals surface area contributed by atoms with Crippen LogP contribution < -0.4 is 5.46 Å². The molecule has 0 aromatic heterocycles. The highest BCUT2D eigenvalue weighted by Crippen LogP contribution is 2.27. The first kappa shape index (κ1) is 13.4. The molecule has 0 atom stereocenters. The molecule has 0 N–H and O–H groups in total. The highest BCUT2D eigenvalue weighted by Gasteiger charge is 2.15. The molecule has 0 bridgehead atoms. The van der Waals surface area contributed by atoms with Gasteiger partial charge in [-0.25, -0.2) is 0 Å². The molecule has 0 spiro atoms. The first-order valence-corrected chi connectivity index (χ1v) is 6.28. The molecule has 1 heteroatoms. The van der Waals surface area contributed by atoms with Gasteiger partial charge >= 0.3 is 0 Å². The van der Waals surface area contributed by atoms with Crippen LogP contribution >= 0.6 is 0 Å². The molecule has 0 unspecified atom stereocenters. The molecule has 0 saturated heterocycles. The molecule has 0 nitrogen and oxygen atoms in total. The van der Waals surface area contributed by atoms with Gasteiger partial charge in [-0.3, -0.25) is 0 Å². The first-order valence-electron chi connectivity index (χ1n) is 6.28. The Kier molecular flexibility index (Phi) is 4.24. The Bertz CT molecular complexity index is 362. The van der Waals surface area contributed by atoms with Crippen molar-refractivity contribution in [1.82, 2.24) is 0 Å². The lowest BCUT2D eigenvalue weighted by molar-refractivity contribution is 0.786. The molecule has 1 aromatic carbocycles. The molecule has 0 fully saturated rings. The Morgan fingerprint density at radius 2 is 1.19 bits per heavy atom. The molecular weight excluding hydrogens is 191 g/mol. The summed E-state index contributed by atoms with van der Waals surface area (Å²) in [6.45, 7) is 13.3. The number of hydrogen-bond acceptors (Lipinski definition) is 0. The highest BCUT2D eigenvalue weighted by atomic mass is 14.2. The quantitative estimate of drug-likeness (QED) is 0.670. The lowest BCUT2D eigenvalue weighted by Gasteiger charge is -2.23.